The lowest BCUT2D eigenvalue weighted by Gasteiger charge is -2.13. The molecule has 0 radical (unpaired) electrons. The number of imidazole rings is 1. The van der Waals surface area contributed by atoms with Crippen molar-refractivity contribution in [3.63, 3.8) is 0 Å². The zero-order valence-electron chi connectivity index (χ0n) is 16.7. The summed E-state index contributed by atoms with van der Waals surface area (Å²) in [6, 6.07) is 13.0. The van der Waals surface area contributed by atoms with Crippen LogP contribution < -0.4 is 5.32 Å². The van der Waals surface area contributed by atoms with Gasteiger partial charge in [0.15, 0.2) is 12.1 Å². The molecule has 166 valence electrons. The number of carbonyl (C=O) groups excluding carboxylic acids is 1. The van der Waals surface area contributed by atoms with Crippen LogP contribution >= 0.6 is 0 Å². The summed E-state index contributed by atoms with van der Waals surface area (Å²) in [7, 11) is -2.75. The van der Waals surface area contributed by atoms with Gasteiger partial charge in [-0.15, -0.1) is 0 Å². The molecule has 0 bridgehead atoms. The predicted octanol–water partition coefficient (Wildman–Crippen LogP) is 2.33. The standard InChI is InChI=1S/C21H18FN3O6S/c1-23-21(31-19(28)12-11-18(26)27)17-13-25(32(29,30)14-7-3-2-4-8-14)20(24-17)15-9-5-6-10-16(15)22/h2-13,21,23H,1H3,(H,26,27)/b12-11+. The van der Waals surface area contributed by atoms with Crippen LogP contribution in [0.25, 0.3) is 11.4 Å². The number of rotatable bonds is 8. The predicted molar refractivity (Wildman–Crippen MR) is 111 cm³/mol. The number of nitrogens with zero attached hydrogens (tertiary/aromatic N) is 2. The number of hydrogen-bond donors (Lipinski definition) is 2. The van der Waals surface area contributed by atoms with Gasteiger partial charge in [-0.1, -0.05) is 30.3 Å². The number of ether oxygens (including phenoxy) is 1. The minimum absolute atomic E-state index is 0.0395. The molecule has 2 aromatic carbocycles. The molecule has 0 aliphatic heterocycles. The molecule has 1 unspecified atom stereocenters. The third-order valence-corrected chi connectivity index (χ3v) is 5.90. The fraction of sp³-hybridized carbons (Fsp3) is 0.0952. The maximum atomic E-state index is 14.5. The summed E-state index contributed by atoms with van der Waals surface area (Å²) in [6.45, 7) is 0. The monoisotopic (exact) mass is 459 g/mol. The van der Waals surface area contributed by atoms with E-state index in [1.807, 2.05) is 0 Å². The Labute approximate surface area is 182 Å². The molecule has 0 amide bonds. The highest BCUT2D eigenvalue weighted by Crippen LogP contribution is 2.28. The summed E-state index contributed by atoms with van der Waals surface area (Å²) < 4.78 is 47.0. The highest BCUT2D eigenvalue weighted by atomic mass is 32.2. The molecule has 0 spiro atoms. The number of carboxylic acids is 1. The summed E-state index contributed by atoms with van der Waals surface area (Å²) in [5.41, 5.74) is -0.118. The number of esters is 1. The Balaban J connectivity index is 2.12. The number of halogens is 1. The van der Waals surface area contributed by atoms with Crippen LogP contribution in [0, 0.1) is 5.82 Å². The van der Waals surface area contributed by atoms with E-state index in [0.717, 1.165) is 16.2 Å². The molecule has 1 aromatic heterocycles. The van der Waals surface area contributed by atoms with Gasteiger partial charge in [0.25, 0.3) is 10.0 Å². The van der Waals surface area contributed by atoms with Crippen LogP contribution in [0.4, 0.5) is 4.39 Å². The largest absolute Gasteiger partial charge is 0.478 e. The summed E-state index contributed by atoms with van der Waals surface area (Å²) in [5.74, 6) is -3.27. The van der Waals surface area contributed by atoms with Crippen molar-refractivity contribution in [1.29, 1.82) is 0 Å². The van der Waals surface area contributed by atoms with Gasteiger partial charge in [0, 0.05) is 18.3 Å². The molecule has 32 heavy (non-hydrogen) atoms. The van der Waals surface area contributed by atoms with Crippen LogP contribution in [0.5, 0.6) is 0 Å². The summed E-state index contributed by atoms with van der Waals surface area (Å²) in [6.07, 6.45) is 1.17. The maximum Gasteiger partial charge on any atom is 0.332 e. The second kappa shape index (κ2) is 9.54. The number of nitrogens with one attached hydrogen (secondary N) is 1. The van der Waals surface area contributed by atoms with Crippen molar-refractivity contribution in [2.45, 2.75) is 11.1 Å². The average Bonchev–Trinajstić information content (AvgIpc) is 3.23. The Morgan fingerprint density at radius 2 is 1.78 bits per heavy atom. The Morgan fingerprint density at radius 1 is 1.12 bits per heavy atom. The first-order valence-corrected chi connectivity index (χ1v) is 10.6. The topological polar surface area (TPSA) is 128 Å². The van der Waals surface area contributed by atoms with E-state index < -0.39 is 34.0 Å². The van der Waals surface area contributed by atoms with Crippen molar-refractivity contribution >= 4 is 22.0 Å². The van der Waals surface area contributed by atoms with Gasteiger partial charge >= 0.3 is 11.9 Å². The average molecular weight is 459 g/mol. The molecule has 11 heteroatoms. The molecule has 0 fully saturated rings. The van der Waals surface area contributed by atoms with Crippen molar-refractivity contribution in [1.82, 2.24) is 14.3 Å². The molecule has 0 saturated carbocycles. The third-order valence-electron chi connectivity index (χ3n) is 4.23. The van der Waals surface area contributed by atoms with Gasteiger partial charge < -0.3 is 9.84 Å². The number of aliphatic carboxylic acids is 1. The van der Waals surface area contributed by atoms with E-state index in [4.69, 9.17) is 9.84 Å². The zero-order chi connectivity index (χ0) is 23.3. The Morgan fingerprint density at radius 3 is 2.41 bits per heavy atom. The van der Waals surface area contributed by atoms with Crippen LogP contribution in [0.1, 0.15) is 11.9 Å². The lowest BCUT2D eigenvalue weighted by atomic mass is 10.2. The Hall–Kier alpha value is -3.83. The fourth-order valence-corrected chi connectivity index (χ4v) is 4.12. The minimum Gasteiger partial charge on any atom is -0.478 e. The van der Waals surface area contributed by atoms with Gasteiger partial charge in [0.05, 0.1) is 10.5 Å². The number of hydrogen-bond acceptors (Lipinski definition) is 7. The number of carbonyl (C=O) groups is 2. The Kier molecular flexibility index (Phi) is 6.81. The number of aromatic nitrogens is 2. The van der Waals surface area contributed by atoms with Crippen LogP contribution in [0.3, 0.4) is 0 Å². The quantitative estimate of drug-likeness (QED) is 0.298. The summed E-state index contributed by atoms with van der Waals surface area (Å²) in [5, 5.41) is 11.3. The van der Waals surface area contributed by atoms with Gasteiger partial charge in [-0.25, -0.2) is 31.4 Å². The molecule has 3 aromatic rings. The van der Waals surface area contributed by atoms with Crippen LogP contribution in [-0.4, -0.2) is 41.5 Å². The van der Waals surface area contributed by atoms with E-state index in [1.54, 1.807) is 18.2 Å². The van der Waals surface area contributed by atoms with Gasteiger partial charge in [-0.2, -0.15) is 0 Å². The first-order valence-electron chi connectivity index (χ1n) is 9.17. The van der Waals surface area contributed by atoms with Crippen LogP contribution in [0.2, 0.25) is 0 Å². The van der Waals surface area contributed by atoms with E-state index in [2.05, 4.69) is 10.3 Å². The SMILES string of the molecule is CNC(OC(=O)/C=C/C(=O)O)c1cn(S(=O)(=O)c2ccccc2)c(-c2ccccc2F)n1. The third kappa shape index (κ3) is 4.90. The molecular formula is C21H18FN3O6S. The summed E-state index contributed by atoms with van der Waals surface area (Å²) in [4.78, 5) is 26.6. The van der Waals surface area contributed by atoms with E-state index in [-0.39, 0.29) is 22.0 Å². The van der Waals surface area contributed by atoms with E-state index in [0.29, 0.717) is 12.2 Å². The van der Waals surface area contributed by atoms with Gasteiger partial charge in [0.2, 0.25) is 0 Å². The van der Waals surface area contributed by atoms with Crippen LogP contribution in [0.15, 0.2) is 77.8 Å². The molecule has 1 atom stereocenters. The van der Waals surface area contributed by atoms with Crippen molar-refractivity contribution in [3.8, 4) is 11.4 Å². The maximum absolute atomic E-state index is 14.5. The highest BCUT2D eigenvalue weighted by Gasteiger charge is 2.27. The minimum atomic E-state index is -4.18. The number of benzene rings is 2. The first-order chi connectivity index (χ1) is 15.2. The van der Waals surface area contributed by atoms with Crippen molar-refractivity contribution < 1.29 is 32.2 Å². The van der Waals surface area contributed by atoms with Gasteiger partial charge in [-0.05, 0) is 31.3 Å². The van der Waals surface area contributed by atoms with Crippen LogP contribution in [-0.2, 0) is 24.3 Å². The summed E-state index contributed by atoms with van der Waals surface area (Å²) >= 11 is 0. The van der Waals surface area contributed by atoms with Crippen molar-refractivity contribution in [2.24, 2.45) is 0 Å². The zero-order valence-corrected chi connectivity index (χ0v) is 17.5. The Bertz CT molecular complexity index is 1270. The molecule has 2 N–H and O–H groups in total. The second-order valence-electron chi connectivity index (χ2n) is 6.36. The van der Waals surface area contributed by atoms with E-state index >= 15 is 0 Å². The lowest BCUT2D eigenvalue weighted by molar-refractivity contribution is -0.145. The number of carboxylic acid groups (broad SMARTS) is 1. The normalized spacial score (nSPS) is 12.6. The second-order valence-corrected chi connectivity index (χ2v) is 8.18. The molecule has 9 nitrogen and oxygen atoms in total. The van der Waals surface area contributed by atoms with E-state index in [1.165, 1.54) is 37.4 Å². The first kappa shape index (κ1) is 22.8. The molecule has 1 heterocycles. The highest BCUT2D eigenvalue weighted by molar-refractivity contribution is 7.90. The smallest absolute Gasteiger partial charge is 0.332 e. The lowest BCUT2D eigenvalue weighted by Crippen LogP contribution is -2.22. The molecule has 0 saturated heterocycles. The fourth-order valence-electron chi connectivity index (χ4n) is 2.78. The van der Waals surface area contributed by atoms with Gasteiger partial charge in [0.1, 0.15) is 11.5 Å². The van der Waals surface area contributed by atoms with E-state index in [9.17, 15) is 22.4 Å². The molecular weight excluding hydrogens is 441 g/mol. The van der Waals surface area contributed by atoms with Gasteiger partial charge in [-0.3, -0.25) is 5.32 Å². The van der Waals surface area contributed by atoms with Crippen molar-refractivity contribution in [2.75, 3.05) is 7.05 Å². The molecule has 0 aliphatic rings. The van der Waals surface area contributed by atoms with Crippen molar-refractivity contribution in [3.05, 3.63) is 84.5 Å². The molecule has 3 rings (SSSR count). The molecule has 0 aliphatic carbocycles.